The molecule has 0 aliphatic rings. The molecule has 0 fully saturated rings. The summed E-state index contributed by atoms with van der Waals surface area (Å²) in [6.45, 7) is 0. The van der Waals surface area contributed by atoms with Gasteiger partial charge in [0.25, 0.3) is 0 Å². The van der Waals surface area contributed by atoms with Crippen LogP contribution in [-0.4, -0.2) is 24.1 Å². The van der Waals surface area contributed by atoms with E-state index in [0.717, 1.165) is 5.69 Å². The van der Waals surface area contributed by atoms with Crippen molar-refractivity contribution in [3.05, 3.63) is 35.9 Å². The van der Waals surface area contributed by atoms with E-state index in [9.17, 15) is 0 Å². The molecule has 6 heteroatoms. The fourth-order valence-electron chi connectivity index (χ4n) is 1.60. The van der Waals surface area contributed by atoms with Crippen molar-refractivity contribution in [3.8, 4) is 11.9 Å². The van der Waals surface area contributed by atoms with Crippen LogP contribution in [0.3, 0.4) is 0 Å². The molecule has 19 heavy (non-hydrogen) atoms. The second kappa shape index (κ2) is 5.23. The van der Waals surface area contributed by atoms with Crippen molar-refractivity contribution in [2.45, 2.75) is 0 Å². The summed E-state index contributed by atoms with van der Waals surface area (Å²) in [4.78, 5) is 9.91. The third-order valence-corrected chi connectivity index (χ3v) is 2.64. The summed E-state index contributed by atoms with van der Waals surface area (Å²) in [5.41, 5.74) is 7.12. The number of nitrogens with zero attached hydrogens (tertiary/aromatic N) is 4. The molecule has 0 saturated heterocycles. The molecule has 0 amide bonds. The number of nitriles is 1. The van der Waals surface area contributed by atoms with E-state index in [0.29, 0.717) is 17.3 Å². The normalized spacial score (nSPS) is 9.74. The maximum absolute atomic E-state index is 8.77. The number of hydrogen-bond donors (Lipinski definition) is 1. The van der Waals surface area contributed by atoms with E-state index < -0.39 is 0 Å². The first kappa shape index (κ1) is 12.6. The van der Waals surface area contributed by atoms with Crippen LogP contribution in [0, 0.1) is 11.3 Å². The number of anilines is 3. The Labute approximate surface area is 111 Å². The Morgan fingerprint density at radius 3 is 2.53 bits per heavy atom. The summed E-state index contributed by atoms with van der Waals surface area (Å²) < 4.78 is 5.06. The summed E-state index contributed by atoms with van der Waals surface area (Å²) >= 11 is 0. The Kier molecular flexibility index (Phi) is 3.48. The molecule has 6 nitrogen and oxygen atoms in total. The SMILES string of the molecule is COc1cc(N(C)c2ccc(C#N)cc2)nc(N)n1. The molecule has 96 valence electrons. The van der Waals surface area contributed by atoms with E-state index in [1.807, 2.05) is 24.1 Å². The van der Waals surface area contributed by atoms with Crippen LogP contribution in [0.5, 0.6) is 5.88 Å². The molecule has 0 radical (unpaired) electrons. The van der Waals surface area contributed by atoms with Crippen LogP contribution in [0.15, 0.2) is 30.3 Å². The first-order valence-electron chi connectivity index (χ1n) is 5.56. The Bertz CT molecular complexity index is 618. The number of aromatic nitrogens is 2. The lowest BCUT2D eigenvalue weighted by Gasteiger charge is -2.18. The van der Waals surface area contributed by atoms with Crippen LogP contribution < -0.4 is 15.4 Å². The molecule has 0 atom stereocenters. The van der Waals surface area contributed by atoms with E-state index in [1.165, 1.54) is 7.11 Å². The molecule has 0 aliphatic carbocycles. The molecule has 0 unspecified atom stereocenters. The van der Waals surface area contributed by atoms with E-state index in [-0.39, 0.29) is 5.95 Å². The van der Waals surface area contributed by atoms with E-state index in [2.05, 4.69) is 16.0 Å². The molecule has 1 aromatic heterocycles. The van der Waals surface area contributed by atoms with Crippen molar-refractivity contribution in [1.29, 1.82) is 5.26 Å². The van der Waals surface area contributed by atoms with Gasteiger partial charge in [0, 0.05) is 18.8 Å². The Morgan fingerprint density at radius 1 is 1.26 bits per heavy atom. The fraction of sp³-hybridized carbons (Fsp3) is 0.154. The summed E-state index contributed by atoms with van der Waals surface area (Å²) in [6.07, 6.45) is 0. The van der Waals surface area contributed by atoms with Crippen LogP contribution in [-0.2, 0) is 0 Å². The van der Waals surface area contributed by atoms with Crippen molar-refractivity contribution >= 4 is 17.5 Å². The second-order valence-corrected chi connectivity index (χ2v) is 3.84. The van der Waals surface area contributed by atoms with Gasteiger partial charge < -0.3 is 15.4 Å². The molecule has 0 saturated carbocycles. The highest BCUT2D eigenvalue weighted by molar-refractivity contribution is 5.61. The first-order chi connectivity index (χ1) is 9.13. The smallest absolute Gasteiger partial charge is 0.225 e. The van der Waals surface area contributed by atoms with Gasteiger partial charge in [-0.2, -0.15) is 15.2 Å². The summed E-state index contributed by atoms with van der Waals surface area (Å²) in [5.74, 6) is 1.17. The number of hydrogen-bond acceptors (Lipinski definition) is 6. The van der Waals surface area contributed by atoms with Gasteiger partial charge in [-0.1, -0.05) is 0 Å². The molecule has 2 N–H and O–H groups in total. The monoisotopic (exact) mass is 255 g/mol. The van der Waals surface area contributed by atoms with Gasteiger partial charge in [-0.25, -0.2) is 0 Å². The quantitative estimate of drug-likeness (QED) is 0.898. The number of benzene rings is 1. The van der Waals surface area contributed by atoms with Gasteiger partial charge in [0.2, 0.25) is 11.8 Å². The summed E-state index contributed by atoms with van der Waals surface area (Å²) in [7, 11) is 3.37. The predicted octanol–water partition coefficient (Wildman–Crippen LogP) is 1.71. The van der Waals surface area contributed by atoms with Crippen molar-refractivity contribution in [2.24, 2.45) is 0 Å². The number of ether oxygens (including phenoxy) is 1. The highest BCUT2D eigenvalue weighted by atomic mass is 16.5. The molecule has 0 bridgehead atoms. The molecule has 0 spiro atoms. The van der Waals surface area contributed by atoms with Crippen molar-refractivity contribution in [1.82, 2.24) is 9.97 Å². The molecular formula is C13H13N5O. The van der Waals surface area contributed by atoms with Crippen LogP contribution in [0.4, 0.5) is 17.5 Å². The third kappa shape index (κ3) is 2.72. The van der Waals surface area contributed by atoms with Crippen LogP contribution >= 0.6 is 0 Å². The van der Waals surface area contributed by atoms with Gasteiger partial charge in [0.15, 0.2) is 0 Å². The Hall–Kier alpha value is -2.81. The van der Waals surface area contributed by atoms with Crippen LogP contribution in [0.25, 0.3) is 0 Å². The van der Waals surface area contributed by atoms with Crippen LogP contribution in [0.2, 0.25) is 0 Å². The Morgan fingerprint density at radius 2 is 1.95 bits per heavy atom. The molecule has 1 aromatic carbocycles. The molecule has 2 rings (SSSR count). The highest BCUT2D eigenvalue weighted by Crippen LogP contribution is 2.24. The zero-order valence-corrected chi connectivity index (χ0v) is 10.7. The van der Waals surface area contributed by atoms with Crippen LogP contribution in [0.1, 0.15) is 5.56 Å². The van der Waals surface area contributed by atoms with E-state index in [4.69, 9.17) is 15.7 Å². The van der Waals surface area contributed by atoms with Gasteiger partial charge in [-0.3, -0.25) is 0 Å². The van der Waals surface area contributed by atoms with Gasteiger partial charge in [0.1, 0.15) is 5.82 Å². The zero-order chi connectivity index (χ0) is 13.8. The van der Waals surface area contributed by atoms with E-state index >= 15 is 0 Å². The minimum absolute atomic E-state index is 0.148. The largest absolute Gasteiger partial charge is 0.481 e. The average Bonchev–Trinajstić information content (AvgIpc) is 2.46. The maximum atomic E-state index is 8.77. The number of nitrogens with two attached hydrogens (primary N) is 1. The van der Waals surface area contributed by atoms with Gasteiger partial charge in [-0.15, -0.1) is 0 Å². The fourth-order valence-corrected chi connectivity index (χ4v) is 1.60. The Balaban J connectivity index is 2.35. The predicted molar refractivity (Wildman–Crippen MR) is 72.2 cm³/mol. The second-order valence-electron chi connectivity index (χ2n) is 3.84. The number of rotatable bonds is 3. The van der Waals surface area contributed by atoms with Crippen molar-refractivity contribution < 1.29 is 4.74 Å². The molecule has 2 aromatic rings. The third-order valence-electron chi connectivity index (χ3n) is 2.64. The summed E-state index contributed by atoms with van der Waals surface area (Å²) in [5, 5.41) is 8.77. The van der Waals surface area contributed by atoms with Gasteiger partial charge in [-0.05, 0) is 24.3 Å². The topological polar surface area (TPSA) is 88.1 Å². The van der Waals surface area contributed by atoms with Crippen molar-refractivity contribution in [3.63, 3.8) is 0 Å². The molecular weight excluding hydrogens is 242 g/mol. The summed E-state index contributed by atoms with van der Waals surface area (Å²) in [6, 6.07) is 10.9. The lowest BCUT2D eigenvalue weighted by atomic mass is 10.2. The maximum Gasteiger partial charge on any atom is 0.225 e. The standard InChI is InChI=1S/C13H13N5O/c1-18(10-5-3-9(8-14)4-6-10)11-7-12(19-2)17-13(15)16-11/h3-7H,1-2H3,(H2,15,16,17). The lowest BCUT2D eigenvalue weighted by molar-refractivity contribution is 0.398. The highest BCUT2D eigenvalue weighted by Gasteiger charge is 2.09. The average molecular weight is 255 g/mol. The first-order valence-corrected chi connectivity index (χ1v) is 5.56. The number of nitrogen functional groups attached to an aromatic ring is 1. The van der Waals surface area contributed by atoms with Gasteiger partial charge >= 0.3 is 0 Å². The van der Waals surface area contributed by atoms with Crippen molar-refractivity contribution in [2.75, 3.05) is 24.8 Å². The molecule has 1 heterocycles. The minimum atomic E-state index is 0.148. The molecule has 0 aliphatic heterocycles. The van der Waals surface area contributed by atoms with Gasteiger partial charge in [0.05, 0.1) is 18.7 Å². The lowest BCUT2D eigenvalue weighted by Crippen LogP contribution is -2.13. The zero-order valence-electron chi connectivity index (χ0n) is 10.7. The number of methoxy groups -OCH3 is 1. The van der Waals surface area contributed by atoms with E-state index in [1.54, 1.807) is 18.2 Å². The minimum Gasteiger partial charge on any atom is -0.481 e.